The summed E-state index contributed by atoms with van der Waals surface area (Å²) < 4.78 is 0. The number of phenolic OH excluding ortho intramolecular Hbond substituents is 3. The van der Waals surface area contributed by atoms with Crippen LogP contribution in [-0.2, 0) is 0 Å². The molecule has 3 aromatic carbocycles. The van der Waals surface area contributed by atoms with Gasteiger partial charge in [0.25, 0.3) is 5.91 Å². The summed E-state index contributed by atoms with van der Waals surface area (Å²) in [4.78, 5) is 25.3. The van der Waals surface area contributed by atoms with E-state index >= 15 is 0 Å². The molecule has 0 saturated carbocycles. The zero-order valence-corrected chi connectivity index (χ0v) is 17.3. The van der Waals surface area contributed by atoms with Crippen LogP contribution in [0.2, 0.25) is 0 Å². The van der Waals surface area contributed by atoms with Crippen LogP contribution in [0.3, 0.4) is 0 Å². The summed E-state index contributed by atoms with van der Waals surface area (Å²) in [5, 5.41) is 42.4. The maximum absolute atomic E-state index is 13.2. The van der Waals surface area contributed by atoms with Crippen LogP contribution in [0.25, 0.3) is 21.6 Å². The lowest BCUT2D eigenvalue weighted by molar-refractivity contribution is 0.0702. The minimum absolute atomic E-state index is 0.161. The number of hydrogen-bond donors (Lipinski definition) is 5. The molecule has 0 unspecified atom stereocenters. The summed E-state index contributed by atoms with van der Waals surface area (Å²) in [6.45, 7) is 0. The molecule has 0 spiro atoms. The third-order valence-electron chi connectivity index (χ3n) is 4.82. The number of carbonyl (C=O) groups excluding carboxylic acids is 1. The summed E-state index contributed by atoms with van der Waals surface area (Å²) >= 11 is 1.07. The number of hydrogen-bond acceptors (Lipinski definition) is 6. The van der Waals surface area contributed by atoms with Gasteiger partial charge in [0.05, 0.1) is 5.56 Å². The normalized spacial score (nSPS) is 10.6. The van der Waals surface area contributed by atoms with Crippen molar-refractivity contribution < 1.29 is 30.0 Å². The molecule has 0 atom stereocenters. The summed E-state index contributed by atoms with van der Waals surface area (Å²) in [5.41, 5.74) is 1.57. The Morgan fingerprint density at radius 1 is 0.781 bits per heavy atom. The number of carbonyl (C=O) groups is 2. The first-order valence-electron chi connectivity index (χ1n) is 9.44. The van der Waals surface area contributed by atoms with Crippen LogP contribution in [0.15, 0.2) is 72.8 Å². The summed E-state index contributed by atoms with van der Waals surface area (Å²) in [6, 6.07) is 19.9. The van der Waals surface area contributed by atoms with Crippen molar-refractivity contribution in [3.63, 3.8) is 0 Å². The molecule has 0 bridgehead atoms. The average molecular weight is 447 g/mol. The summed E-state index contributed by atoms with van der Waals surface area (Å²) in [5.74, 6) is -3.85. The molecule has 160 valence electrons. The fraction of sp³-hybridized carbons (Fsp3) is 0. The van der Waals surface area contributed by atoms with Gasteiger partial charge in [-0.25, -0.2) is 4.79 Å². The molecule has 1 heterocycles. The summed E-state index contributed by atoms with van der Waals surface area (Å²) in [7, 11) is 0. The second-order valence-corrected chi connectivity index (χ2v) is 7.93. The Kier molecular flexibility index (Phi) is 5.53. The summed E-state index contributed by atoms with van der Waals surface area (Å²) in [6.07, 6.45) is 0. The number of aromatic hydroxyl groups is 3. The number of aromatic carboxylic acids is 1. The molecule has 5 N–H and O–H groups in total. The molecule has 1 amide bonds. The Morgan fingerprint density at radius 2 is 1.47 bits per heavy atom. The zero-order valence-electron chi connectivity index (χ0n) is 16.4. The number of anilines is 1. The van der Waals surface area contributed by atoms with Crippen LogP contribution in [-0.4, -0.2) is 32.3 Å². The van der Waals surface area contributed by atoms with E-state index < -0.39 is 29.1 Å². The standard InChI is InChI=1S/C24H17NO6S/c26-17-12-15(13-6-2-1-3-7-13)20(22(28)21(17)27)23(29)25-16-9-5-4-8-14(16)18-10-11-19(32-18)24(30)31/h1-12,26-28H,(H,25,29)(H,30,31). The SMILES string of the molecule is O=C(O)c1ccc(-c2ccccc2NC(=O)c2c(-c3ccccc3)cc(O)c(O)c2O)s1. The number of phenols is 3. The zero-order chi connectivity index (χ0) is 22.8. The van der Waals surface area contributed by atoms with E-state index in [1.165, 1.54) is 12.1 Å². The van der Waals surface area contributed by atoms with E-state index in [9.17, 15) is 30.0 Å². The van der Waals surface area contributed by atoms with Gasteiger partial charge in [-0.05, 0) is 29.8 Å². The fourth-order valence-corrected chi connectivity index (χ4v) is 4.19. The maximum Gasteiger partial charge on any atom is 0.345 e. The van der Waals surface area contributed by atoms with Crippen LogP contribution in [0.5, 0.6) is 17.2 Å². The van der Waals surface area contributed by atoms with Crippen LogP contribution in [0.1, 0.15) is 20.0 Å². The van der Waals surface area contributed by atoms with Gasteiger partial charge in [0.2, 0.25) is 5.75 Å². The van der Waals surface area contributed by atoms with Crippen LogP contribution in [0.4, 0.5) is 5.69 Å². The van der Waals surface area contributed by atoms with Crippen molar-refractivity contribution in [2.75, 3.05) is 5.32 Å². The van der Waals surface area contributed by atoms with E-state index in [1.54, 1.807) is 60.7 Å². The molecule has 0 fully saturated rings. The van der Waals surface area contributed by atoms with Gasteiger partial charge in [0.1, 0.15) is 4.88 Å². The van der Waals surface area contributed by atoms with Gasteiger partial charge in [-0.3, -0.25) is 4.79 Å². The predicted octanol–water partition coefficient (Wildman–Crippen LogP) is 5.15. The van der Waals surface area contributed by atoms with Gasteiger partial charge >= 0.3 is 5.97 Å². The van der Waals surface area contributed by atoms with Gasteiger partial charge in [0.15, 0.2) is 11.5 Å². The average Bonchev–Trinajstić information content (AvgIpc) is 3.28. The lowest BCUT2D eigenvalue weighted by atomic mass is 9.97. The molecular formula is C24H17NO6S. The smallest absolute Gasteiger partial charge is 0.345 e. The lowest BCUT2D eigenvalue weighted by Gasteiger charge is -2.15. The molecule has 8 heteroatoms. The monoisotopic (exact) mass is 447 g/mol. The van der Waals surface area contributed by atoms with Gasteiger partial charge in [0, 0.05) is 21.7 Å². The van der Waals surface area contributed by atoms with Crippen LogP contribution < -0.4 is 5.32 Å². The highest BCUT2D eigenvalue weighted by Gasteiger charge is 2.24. The van der Waals surface area contributed by atoms with E-state index in [4.69, 9.17) is 0 Å². The number of benzene rings is 3. The topological polar surface area (TPSA) is 127 Å². The number of thiophene rings is 1. The lowest BCUT2D eigenvalue weighted by Crippen LogP contribution is -2.14. The minimum atomic E-state index is -1.04. The first-order chi connectivity index (χ1) is 15.4. The minimum Gasteiger partial charge on any atom is -0.504 e. The first kappa shape index (κ1) is 21.0. The maximum atomic E-state index is 13.2. The quantitative estimate of drug-likeness (QED) is 0.269. The molecule has 4 aromatic rings. The number of amides is 1. The number of nitrogens with one attached hydrogen (secondary N) is 1. The van der Waals surface area contributed by atoms with E-state index in [0.29, 0.717) is 21.7 Å². The van der Waals surface area contributed by atoms with Gasteiger partial charge < -0.3 is 25.7 Å². The molecular weight excluding hydrogens is 430 g/mol. The van der Waals surface area contributed by atoms with Gasteiger partial charge in [-0.2, -0.15) is 0 Å². The number of para-hydroxylation sites is 1. The van der Waals surface area contributed by atoms with E-state index in [2.05, 4.69) is 5.32 Å². The van der Waals surface area contributed by atoms with Crippen molar-refractivity contribution in [1.82, 2.24) is 0 Å². The highest BCUT2D eigenvalue weighted by Crippen LogP contribution is 2.44. The molecule has 32 heavy (non-hydrogen) atoms. The van der Waals surface area contributed by atoms with Crippen molar-refractivity contribution in [2.24, 2.45) is 0 Å². The predicted molar refractivity (Wildman–Crippen MR) is 122 cm³/mol. The molecule has 0 aliphatic rings. The van der Waals surface area contributed by atoms with Gasteiger partial charge in [-0.15, -0.1) is 11.3 Å². The Hall–Kier alpha value is -4.30. The van der Waals surface area contributed by atoms with Crippen molar-refractivity contribution >= 4 is 28.9 Å². The van der Waals surface area contributed by atoms with Crippen molar-refractivity contribution in [2.45, 2.75) is 0 Å². The largest absolute Gasteiger partial charge is 0.504 e. The Labute approximate surface area is 186 Å². The molecule has 0 aliphatic carbocycles. The second kappa shape index (κ2) is 8.44. The molecule has 4 rings (SSSR count). The molecule has 1 aromatic heterocycles. The highest BCUT2D eigenvalue weighted by molar-refractivity contribution is 7.17. The van der Waals surface area contributed by atoms with Crippen LogP contribution >= 0.6 is 11.3 Å². The molecule has 0 aliphatic heterocycles. The third kappa shape index (κ3) is 3.86. The number of carboxylic acids is 1. The second-order valence-electron chi connectivity index (χ2n) is 6.85. The van der Waals surface area contributed by atoms with E-state index in [1.807, 2.05) is 0 Å². The first-order valence-corrected chi connectivity index (χ1v) is 10.3. The fourth-order valence-electron chi connectivity index (χ4n) is 3.31. The van der Waals surface area contributed by atoms with Crippen molar-refractivity contribution in [3.05, 3.63) is 83.2 Å². The number of rotatable bonds is 5. The number of carboxylic acid groups (broad SMARTS) is 1. The van der Waals surface area contributed by atoms with E-state index in [-0.39, 0.29) is 16.0 Å². The van der Waals surface area contributed by atoms with Crippen molar-refractivity contribution in [3.8, 4) is 38.8 Å². The molecule has 0 saturated heterocycles. The Balaban J connectivity index is 1.78. The molecule has 0 radical (unpaired) electrons. The Morgan fingerprint density at radius 3 is 2.16 bits per heavy atom. The van der Waals surface area contributed by atoms with Gasteiger partial charge in [-0.1, -0.05) is 48.5 Å². The van der Waals surface area contributed by atoms with Crippen molar-refractivity contribution in [1.29, 1.82) is 0 Å². The Bertz CT molecular complexity index is 1330. The van der Waals surface area contributed by atoms with Crippen LogP contribution in [0, 0.1) is 0 Å². The third-order valence-corrected chi connectivity index (χ3v) is 5.93. The highest BCUT2D eigenvalue weighted by atomic mass is 32.1. The molecule has 7 nitrogen and oxygen atoms in total. The van der Waals surface area contributed by atoms with E-state index in [0.717, 1.165) is 11.3 Å².